The molecule has 0 aromatic carbocycles. The van der Waals surface area contributed by atoms with Crippen LogP contribution in [0.5, 0.6) is 0 Å². The Morgan fingerprint density at radius 3 is 2.57 bits per heavy atom. The predicted molar refractivity (Wildman–Crippen MR) is 60.1 cm³/mol. The minimum Gasteiger partial charge on any atom is -0.360 e. The average Bonchev–Trinajstić information content (AvgIpc) is 2.15. The number of hydrogen-bond donors (Lipinski definition) is 0. The normalized spacial score (nSPS) is 10.7. The first-order chi connectivity index (χ1) is 6.57. The number of rotatable bonds is 3. The molecule has 0 N–H and O–H groups in total. The quantitative estimate of drug-likeness (QED) is 0.723. The second kappa shape index (κ2) is 4.60. The Balaban J connectivity index is 3.21. The number of hydrogen-bond acceptors (Lipinski definition) is 3. The van der Waals surface area contributed by atoms with Gasteiger partial charge in [-0.1, -0.05) is 25.4 Å². The van der Waals surface area contributed by atoms with Crippen molar-refractivity contribution in [3.63, 3.8) is 0 Å². The zero-order valence-electron chi connectivity index (χ0n) is 9.08. The van der Waals surface area contributed by atoms with Crippen molar-refractivity contribution in [2.75, 3.05) is 18.5 Å². The van der Waals surface area contributed by atoms with Crippen molar-refractivity contribution in [3.8, 4) is 0 Å². The van der Waals surface area contributed by atoms with Crippen LogP contribution in [-0.4, -0.2) is 23.6 Å². The predicted octanol–water partition coefficient (Wildman–Crippen LogP) is 2.71. The first-order valence-electron chi connectivity index (χ1n) is 4.79. The van der Waals surface area contributed by atoms with Gasteiger partial charge in [-0.3, -0.25) is 0 Å². The zero-order chi connectivity index (χ0) is 10.7. The largest absolute Gasteiger partial charge is 0.360 e. The molecule has 1 rings (SSSR count). The molecule has 0 aliphatic carbocycles. The third kappa shape index (κ3) is 2.15. The molecule has 0 radical (unpaired) electrons. The Morgan fingerprint density at radius 1 is 1.43 bits per heavy atom. The maximum absolute atomic E-state index is 6.05. The van der Waals surface area contributed by atoms with Gasteiger partial charge in [0.1, 0.15) is 17.3 Å². The Labute approximate surface area is 90.1 Å². The van der Waals surface area contributed by atoms with Crippen molar-refractivity contribution in [2.45, 2.75) is 26.7 Å². The van der Waals surface area contributed by atoms with Gasteiger partial charge < -0.3 is 4.90 Å². The fourth-order valence-electron chi connectivity index (χ4n) is 1.32. The van der Waals surface area contributed by atoms with Crippen LogP contribution in [0, 0.1) is 0 Å². The van der Waals surface area contributed by atoms with E-state index in [1.54, 1.807) is 0 Å². The fourth-order valence-corrected chi connectivity index (χ4v) is 1.66. The SMILES string of the molecule is CCN(C)c1ncnc(Cl)c1C(C)C. The highest BCUT2D eigenvalue weighted by Crippen LogP contribution is 2.29. The van der Waals surface area contributed by atoms with Gasteiger partial charge in [0, 0.05) is 19.2 Å². The molecule has 3 nitrogen and oxygen atoms in total. The summed E-state index contributed by atoms with van der Waals surface area (Å²) in [6, 6.07) is 0. The molecule has 0 bridgehead atoms. The van der Waals surface area contributed by atoms with Gasteiger partial charge in [-0.05, 0) is 12.8 Å². The lowest BCUT2D eigenvalue weighted by molar-refractivity contribution is 0.819. The molecule has 0 amide bonds. The van der Waals surface area contributed by atoms with E-state index in [4.69, 9.17) is 11.6 Å². The number of nitrogens with zero attached hydrogens (tertiary/aromatic N) is 3. The van der Waals surface area contributed by atoms with Crippen molar-refractivity contribution >= 4 is 17.4 Å². The summed E-state index contributed by atoms with van der Waals surface area (Å²) in [6.07, 6.45) is 1.51. The molecule has 1 aromatic rings. The number of anilines is 1. The van der Waals surface area contributed by atoms with Crippen molar-refractivity contribution in [2.24, 2.45) is 0 Å². The van der Waals surface area contributed by atoms with E-state index in [0.717, 1.165) is 17.9 Å². The molecule has 0 aliphatic rings. The molecule has 14 heavy (non-hydrogen) atoms. The van der Waals surface area contributed by atoms with Crippen LogP contribution in [0.3, 0.4) is 0 Å². The van der Waals surface area contributed by atoms with Crippen LogP contribution in [0.1, 0.15) is 32.3 Å². The smallest absolute Gasteiger partial charge is 0.138 e. The van der Waals surface area contributed by atoms with Crippen LogP contribution in [-0.2, 0) is 0 Å². The fraction of sp³-hybridized carbons (Fsp3) is 0.600. The monoisotopic (exact) mass is 213 g/mol. The second-order valence-electron chi connectivity index (χ2n) is 3.57. The first-order valence-corrected chi connectivity index (χ1v) is 5.17. The first kappa shape index (κ1) is 11.2. The summed E-state index contributed by atoms with van der Waals surface area (Å²) < 4.78 is 0. The van der Waals surface area contributed by atoms with Crippen molar-refractivity contribution in [1.29, 1.82) is 0 Å². The van der Waals surface area contributed by atoms with E-state index in [1.807, 2.05) is 7.05 Å². The molecule has 0 saturated heterocycles. The Bertz CT molecular complexity index is 312. The van der Waals surface area contributed by atoms with Gasteiger partial charge in [-0.15, -0.1) is 0 Å². The summed E-state index contributed by atoms with van der Waals surface area (Å²) in [5.41, 5.74) is 1.03. The second-order valence-corrected chi connectivity index (χ2v) is 3.93. The molecular weight excluding hydrogens is 198 g/mol. The Kier molecular flexibility index (Phi) is 3.69. The summed E-state index contributed by atoms with van der Waals surface area (Å²) in [5, 5.41) is 0.560. The topological polar surface area (TPSA) is 29.0 Å². The lowest BCUT2D eigenvalue weighted by Gasteiger charge is -2.21. The summed E-state index contributed by atoms with van der Waals surface area (Å²) in [5.74, 6) is 1.27. The minimum atomic E-state index is 0.340. The molecule has 0 spiro atoms. The minimum absolute atomic E-state index is 0.340. The van der Waals surface area contributed by atoms with Crippen molar-refractivity contribution < 1.29 is 0 Å². The molecule has 0 aliphatic heterocycles. The molecule has 1 aromatic heterocycles. The molecule has 78 valence electrons. The van der Waals surface area contributed by atoms with Gasteiger partial charge >= 0.3 is 0 Å². The third-order valence-electron chi connectivity index (χ3n) is 2.23. The zero-order valence-corrected chi connectivity index (χ0v) is 9.84. The molecule has 0 fully saturated rings. The van der Waals surface area contributed by atoms with E-state index < -0.39 is 0 Å². The van der Waals surface area contributed by atoms with Crippen LogP contribution in [0.4, 0.5) is 5.82 Å². The molecule has 1 heterocycles. The number of aromatic nitrogens is 2. The standard InChI is InChI=1S/C10H16ClN3/c1-5-14(4)10-8(7(2)3)9(11)12-6-13-10/h6-7H,5H2,1-4H3. The average molecular weight is 214 g/mol. The van der Waals surface area contributed by atoms with Crippen LogP contribution in [0.2, 0.25) is 5.15 Å². The molecule has 4 heteroatoms. The summed E-state index contributed by atoms with van der Waals surface area (Å²) in [4.78, 5) is 10.3. The van der Waals surface area contributed by atoms with Gasteiger partial charge in [0.05, 0.1) is 0 Å². The van der Waals surface area contributed by atoms with Gasteiger partial charge in [0.2, 0.25) is 0 Å². The van der Waals surface area contributed by atoms with Crippen LogP contribution >= 0.6 is 11.6 Å². The lowest BCUT2D eigenvalue weighted by Crippen LogP contribution is -2.20. The van der Waals surface area contributed by atoms with Gasteiger partial charge in [-0.2, -0.15) is 0 Å². The van der Waals surface area contributed by atoms with Gasteiger partial charge in [-0.25, -0.2) is 9.97 Å². The van der Waals surface area contributed by atoms with E-state index in [9.17, 15) is 0 Å². The molecular formula is C10H16ClN3. The maximum atomic E-state index is 6.05. The van der Waals surface area contributed by atoms with Crippen molar-refractivity contribution in [3.05, 3.63) is 17.0 Å². The Morgan fingerprint density at radius 2 is 2.07 bits per heavy atom. The summed E-state index contributed by atoms with van der Waals surface area (Å²) in [7, 11) is 2.00. The van der Waals surface area contributed by atoms with E-state index in [1.165, 1.54) is 6.33 Å². The maximum Gasteiger partial charge on any atom is 0.138 e. The third-order valence-corrected chi connectivity index (χ3v) is 2.53. The van der Waals surface area contributed by atoms with Crippen LogP contribution in [0.25, 0.3) is 0 Å². The highest BCUT2D eigenvalue weighted by molar-refractivity contribution is 6.30. The molecule has 0 saturated carbocycles. The van der Waals surface area contributed by atoms with E-state index in [-0.39, 0.29) is 0 Å². The highest BCUT2D eigenvalue weighted by Gasteiger charge is 2.15. The van der Waals surface area contributed by atoms with Crippen LogP contribution < -0.4 is 4.90 Å². The highest BCUT2D eigenvalue weighted by atomic mass is 35.5. The Hall–Kier alpha value is -0.830. The molecule has 0 unspecified atom stereocenters. The lowest BCUT2D eigenvalue weighted by atomic mass is 10.1. The number of halogens is 1. The summed E-state index contributed by atoms with van der Waals surface area (Å²) >= 11 is 6.05. The van der Waals surface area contributed by atoms with E-state index in [2.05, 4.69) is 35.6 Å². The van der Waals surface area contributed by atoms with E-state index in [0.29, 0.717) is 11.1 Å². The van der Waals surface area contributed by atoms with Crippen molar-refractivity contribution in [1.82, 2.24) is 9.97 Å². The van der Waals surface area contributed by atoms with E-state index >= 15 is 0 Å². The van der Waals surface area contributed by atoms with Gasteiger partial charge in [0.15, 0.2) is 0 Å². The van der Waals surface area contributed by atoms with Crippen LogP contribution in [0.15, 0.2) is 6.33 Å². The van der Waals surface area contributed by atoms with Gasteiger partial charge in [0.25, 0.3) is 0 Å². The summed E-state index contributed by atoms with van der Waals surface area (Å²) in [6.45, 7) is 7.18. The molecule has 0 atom stereocenters.